The Bertz CT molecular complexity index is 1150. The number of carbonyl (C=O) groups is 1. The van der Waals surface area contributed by atoms with E-state index in [1.165, 1.54) is 4.90 Å². The van der Waals surface area contributed by atoms with E-state index in [1.807, 2.05) is 6.92 Å². The highest BCUT2D eigenvalue weighted by molar-refractivity contribution is 6.01. The molecule has 12 heteroatoms. The lowest BCUT2D eigenvalue weighted by molar-refractivity contribution is -0.0796. The Morgan fingerprint density at radius 2 is 1.91 bits per heavy atom. The molecule has 1 aromatic heterocycles. The van der Waals surface area contributed by atoms with Gasteiger partial charge in [-0.05, 0) is 43.4 Å². The van der Waals surface area contributed by atoms with E-state index in [-0.39, 0.29) is 30.6 Å². The van der Waals surface area contributed by atoms with E-state index in [4.69, 9.17) is 10.8 Å². The van der Waals surface area contributed by atoms with Gasteiger partial charge in [0, 0.05) is 23.7 Å². The van der Waals surface area contributed by atoms with Gasteiger partial charge in [0.15, 0.2) is 11.6 Å². The Morgan fingerprint density at radius 1 is 1.24 bits per heavy atom. The molecule has 2 aliphatic rings. The average molecular weight is 478 g/mol. The normalized spacial score (nSPS) is 23.6. The van der Waals surface area contributed by atoms with Crippen LogP contribution in [0.15, 0.2) is 30.6 Å². The average Bonchev–Trinajstić information content (AvgIpc) is 2.74. The zero-order chi connectivity index (χ0) is 24.8. The first-order valence-corrected chi connectivity index (χ1v) is 10.5. The largest absolute Gasteiger partial charge is 0.468 e. The number of anilines is 1. The van der Waals surface area contributed by atoms with Crippen molar-refractivity contribution in [2.75, 3.05) is 5.32 Å². The summed E-state index contributed by atoms with van der Waals surface area (Å²) >= 11 is 0. The number of carbonyl (C=O) groups excluding carboxylic acids is 1. The molecule has 2 bridgehead atoms. The molecule has 2 fully saturated rings. The van der Waals surface area contributed by atoms with E-state index in [0.29, 0.717) is 17.7 Å². The summed E-state index contributed by atoms with van der Waals surface area (Å²) < 4.78 is 56.1. The van der Waals surface area contributed by atoms with E-state index in [2.05, 4.69) is 20.0 Å². The standard InChI is InChI=1S/C22H22F4N6O2/c1-11-5-15-8-21(7-11,18(27)34-19(28)22(24,25)26)32(15)20(33)31-14-4-3-12(2)16(6-14)17-29-9-13(23)10-30-17/h3-4,6,9-11,15,27-28H,5,7-8H2,1-2H3,(H,31,33)/t11-,15+,21?/m0/s1. The molecule has 1 unspecified atom stereocenters. The Balaban J connectivity index is 1.56. The van der Waals surface area contributed by atoms with Crippen LogP contribution < -0.4 is 5.32 Å². The summed E-state index contributed by atoms with van der Waals surface area (Å²) in [6.07, 6.45) is -1.78. The highest BCUT2D eigenvalue weighted by atomic mass is 19.4. The van der Waals surface area contributed by atoms with E-state index >= 15 is 0 Å². The molecule has 0 radical (unpaired) electrons. The smallest absolute Gasteiger partial charge is 0.419 e. The van der Waals surface area contributed by atoms with Crippen LogP contribution in [0.2, 0.25) is 0 Å². The molecule has 0 aliphatic carbocycles. The summed E-state index contributed by atoms with van der Waals surface area (Å²) in [5.74, 6) is -3.01. The van der Waals surface area contributed by atoms with Crippen molar-refractivity contribution < 1.29 is 27.1 Å². The lowest BCUT2D eigenvalue weighted by Crippen LogP contribution is -2.75. The highest BCUT2D eigenvalue weighted by Gasteiger charge is 2.62. The second kappa shape index (κ2) is 8.33. The van der Waals surface area contributed by atoms with Crippen molar-refractivity contribution in [3.63, 3.8) is 0 Å². The summed E-state index contributed by atoms with van der Waals surface area (Å²) in [6, 6.07) is 4.13. The van der Waals surface area contributed by atoms with Gasteiger partial charge in [0.05, 0.1) is 12.4 Å². The van der Waals surface area contributed by atoms with Gasteiger partial charge < -0.3 is 15.0 Å². The Morgan fingerprint density at radius 3 is 2.56 bits per heavy atom. The first-order chi connectivity index (χ1) is 15.9. The fraction of sp³-hybridized carbons (Fsp3) is 0.409. The van der Waals surface area contributed by atoms with Gasteiger partial charge in [0.2, 0.25) is 5.90 Å². The van der Waals surface area contributed by atoms with Crippen LogP contribution in [0.4, 0.5) is 28.0 Å². The molecule has 3 atom stereocenters. The number of aromatic nitrogens is 2. The predicted molar refractivity (Wildman–Crippen MR) is 115 cm³/mol. The fourth-order valence-electron chi connectivity index (χ4n) is 4.80. The van der Waals surface area contributed by atoms with E-state index in [1.54, 1.807) is 25.1 Å². The van der Waals surface area contributed by atoms with Crippen molar-refractivity contribution in [1.29, 1.82) is 10.8 Å². The third kappa shape index (κ3) is 4.19. The topological polar surface area (TPSA) is 115 Å². The second-order valence-electron chi connectivity index (χ2n) is 8.75. The van der Waals surface area contributed by atoms with Gasteiger partial charge in [0.25, 0.3) is 5.90 Å². The van der Waals surface area contributed by atoms with Crippen LogP contribution in [0.3, 0.4) is 0 Å². The number of fused-ring (bicyclic) bond motifs is 2. The molecule has 2 amide bonds. The predicted octanol–water partition coefficient (Wildman–Crippen LogP) is 4.90. The Labute approximate surface area is 192 Å². The lowest BCUT2D eigenvalue weighted by atomic mass is 9.64. The van der Waals surface area contributed by atoms with Crippen LogP contribution in [0.25, 0.3) is 11.4 Å². The number of nitrogens with zero attached hydrogens (tertiary/aromatic N) is 3. The molecular formula is C22H22F4N6O2. The van der Waals surface area contributed by atoms with Crippen molar-refractivity contribution in [2.45, 2.75) is 50.9 Å². The van der Waals surface area contributed by atoms with Crippen LogP contribution in [-0.4, -0.2) is 50.5 Å². The molecule has 180 valence electrons. The minimum Gasteiger partial charge on any atom is -0.419 e. The molecule has 3 N–H and O–H groups in total. The number of rotatable bonds is 3. The number of amides is 2. The van der Waals surface area contributed by atoms with Crippen molar-refractivity contribution in [2.24, 2.45) is 5.92 Å². The van der Waals surface area contributed by atoms with Crippen LogP contribution in [0, 0.1) is 29.5 Å². The maximum Gasteiger partial charge on any atom is 0.468 e. The van der Waals surface area contributed by atoms with Gasteiger partial charge in [-0.2, -0.15) is 13.2 Å². The monoisotopic (exact) mass is 478 g/mol. The van der Waals surface area contributed by atoms with Crippen LogP contribution in [0.5, 0.6) is 0 Å². The maximum absolute atomic E-state index is 13.2. The number of ether oxygens (including phenoxy) is 1. The van der Waals surface area contributed by atoms with Crippen LogP contribution in [0.1, 0.15) is 31.7 Å². The molecule has 34 heavy (non-hydrogen) atoms. The maximum atomic E-state index is 13.2. The molecule has 0 saturated carbocycles. The van der Waals surface area contributed by atoms with Crippen LogP contribution in [-0.2, 0) is 4.74 Å². The number of halogens is 4. The van der Waals surface area contributed by atoms with Gasteiger partial charge in [-0.15, -0.1) is 0 Å². The SMILES string of the molecule is Cc1ccc(NC(=O)N2[C@@H]3C[C@H](C)CC2(C(=N)OC(=N)C(F)(F)F)C3)cc1-c1ncc(F)cn1. The quantitative estimate of drug-likeness (QED) is 0.331. The second-order valence-corrected chi connectivity index (χ2v) is 8.75. The van der Waals surface area contributed by atoms with Gasteiger partial charge >= 0.3 is 12.2 Å². The number of hydrogen-bond acceptors (Lipinski definition) is 6. The molecule has 4 rings (SSSR count). The van der Waals surface area contributed by atoms with Gasteiger partial charge in [0.1, 0.15) is 5.54 Å². The summed E-state index contributed by atoms with van der Waals surface area (Å²) in [5, 5.41) is 18.0. The Hall–Kier alpha value is -3.57. The van der Waals surface area contributed by atoms with Crippen molar-refractivity contribution in [1.82, 2.24) is 14.9 Å². The van der Waals surface area contributed by atoms with Crippen molar-refractivity contribution >= 4 is 23.5 Å². The molecular weight excluding hydrogens is 456 g/mol. The van der Waals surface area contributed by atoms with E-state index in [9.17, 15) is 22.4 Å². The third-order valence-corrected chi connectivity index (χ3v) is 6.21. The molecule has 2 aliphatic heterocycles. The summed E-state index contributed by atoms with van der Waals surface area (Å²) in [6.45, 7) is 3.70. The minimum atomic E-state index is -5.03. The number of urea groups is 1. The number of hydrogen-bond donors (Lipinski definition) is 3. The molecule has 2 aromatic rings. The zero-order valence-electron chi connectivity index (χ0n) is 18.3. The third-order valence-electron chi connectivity index (χ3n) is 6.21. The molecule has 1 aromatic carbocycles. The number of alkyl halides is 3. The van der Waals surface area contributed by atoms with Gasteiger partial charge in [-0.1, -0.05) is 13.0 Å². The van der Waals surface area contributed by atoms with Gasteiger partial charge in [-0.25, -0.2) is 19.2 Å². The fourth-order valence-corrected chi connectivity index (χ4v) is 4.80. The molecule has 8 nitrogen and oxygen atoms in total. The number of nitrogens with one attached hydrogen (secondary N) is 3. The first-order valence-electron chi connectivity index (χ1n) is 10.5. The van der Waals surface area contributed by atoms with E-state index < -0.39 is 35.4 Å². The van der Waals surface area contributed by atoms with E-state index in [0.717, 1.165) is 18.0 Å². The minimum absolute atomic E-state index is 0.0634. The summed E-state index contributed by atoms with van der Waals surface area (Å²) in [7, 11) is 0. The number of piperidine rings is 1. The zero-order valence-corrected chi connectivity index (χ0v) is 18.3. The van der Waals surface area contributed by atoms with Crippen molar-refractivity contribution in [3.05, 3.63) is 42.0 Å². The summed E-state index contributed by atoms with van der Waals surface area (Å²) in [5.41, 5.74) is 0.385. The number of benzene rings is 1. The van der Waals surface area contributed by atoms with Gasteiger partial charge in [-0.3, -0.25) is 10.8 Å². The summed E-state index contributed by atoms with van der Waals surface area (Å²) in [4.78, 5) is 22.5. The Kier molecular flexibility index (Phi) is 5.78. The van der Waals surface area contributed by atoms with Crippen molar-refractivity contribution in [3.8, 4) is 11.4 Å². The lowest BCUT2D eigenvalue weighted by Gasteiger charge is -2.62. The number of aryl methyl sites for hydroxylation is 1. The molecule has 3 heterocycles. The van der Waals surface area contributed by atoms with Crippen LogP contribution >= 0.6 is 0 Å². The first kappa shape index (κ1) is 23.6. The molecule has 0 spiro atoms. The highest BCUT2D eigenvalue weighted by Crippen LogP contribution is 2.51. The molecule has 2 saturated heterocycles.